The number of benzene rings is 2. The summed E-state index contributed by atoms with van der Waals surface area (Å²) in [7, 11) is 0. The number of hydrogen-bond donors (Lipinski definition) is 3. The molecule has 4 amide bonds. The number of nitrogens with one attached hydrogen (secondary N) is 2. The predicted octanol–water partition coefficient (Wildman–Crippen LogP) is 2.66. The van der Waals surface area contributed by atoms with E-state index in [1.165, 1.54) is 11.1 Å². The zero-order valence-electron chi connectivity index (χ0n) is 17.2. The molecule has 1 aliphatic heterocycles. The number of carbonyl (C=O) groups excluding carboxylic acids is 3. The number of imide groups is 1. The van der Waals surface area contributed by atoms with Crippen molar-refractivity contribution < 1.29 is 19.6 Å². The molecule has 1 aliphatic rings. The summed E-state index contributed by atoms with van der Waals surface area (Å²) in [4.78, 5) is 37.9. The van der Waals surface area contributed by atoms with Gasteiger partial charge in [0.25, 0.3) is 11.8 Å². The van der Waals surface area contributed by atoms with E-state index in [0.717, 1.165) is 16.9 Å². The molecule has 2 unspecified atom stereocenters. The van der Waals surface area contributed by atoms with Crippen LogP contribution in [0.5, 0.6) is 0 Å². The second kappa shape index (κ2) is 9.54. The summed E-state index contributed by atoms with van der Waals surface area (Å²) in [5, 5.41) is 11.6. The monoisotopic (exact) mass is 409 g/mol. The Morgan fingerprint density at radius 1 is 1.03 bits per heavy atom. The SMILES string of the molecule is CC(C)C(C(=O)NO)N1C(=O)NC(CCc2ccc(Cc3ccccc3)cc2)C1=O. The summed E-state index contributed by atoms with van der Waals surface area (Å²) in [6, 6.07) is 16.1. The van der Waals surface area contributed by atoms with Crippen LogP contribution in [-0.4, -0.2) is 40.0 Å². The summed E-state index contributed by atoms with van der Waals surface area (Å²) in [6.07, 6.45) is 1.91. The first-order chi connectivity index (χ1) is 14.4. The molecule has 30 heavy (non-hydrogen) atoms. The molecule has 1 saturated heterocycles. The van der Waals surface area contributed by atoms with Crippen LogP contribution in [0.1, 0.15) is 37.0 Å². The van der Waals surface area contributed by atoms with Gasteiger partial charge in [-0.1, -0.05) is 68.4 Å². The molecule has 158 valence electrons. The number of rotatable bonds is 8. The summed E-state index contributed by atoms with van der Waals surface area (Å²) >= 11 is 0. The molecule has 0 aliphatic carbocycles. The second-order valence-corrected chi connectivity index (χ2v) is 7.89. The van der Waals surface area contributed by atoms with Crippen molar-refractivity contribution in [1.82, 2.24) is 15.7 Å². The van der Waals surface area contributed by atoms with Crippen molar-refractivity contribution in [2.24, 2.45) is 5.92 Å². The van der Waals surface area contributed by atoms with Crippen molar-refractivity contribution in [3.8, 4) is 0 Å². The Kier molecular flexibility index (Phi) is 6.84. The predicted molar refractivity (Wildman–Crippen MR) is 112 cm³/mol. The van der Waals surface area contributed by atoms with Gasteiger partial charge in [-0.2, -0.15) is 0 Å². The Morgan fingerprint density at radius 2 is 1.63 bits per heavy atom. The van der Waals surface area contributed by atoms with Gasteiger partial charge >= 0.3 is 6.03 Å². The van der Waals surface area contributed by atoms with Crippen molar-refractivity contribution in [1.29, 1.82) is 0 Å². The van der Waals surface area contributed by atoms with E-state index in [-0.39, 0.29) is 5.92 Å². The van der Waals surface area contributed by atoms with Crippen LogP contribution in [0.3, 0.4) is 0 Å². The largest absolute Gasteiger partial charge is 0.326 e. The molecule has 3 N–H and O–H groups in total. The van der Waals surface area contributed by atoms with E-state index in [1.807, 2.05) is 30.3 Å². The quantitative estimate of drug-likeness (QED) is 0.355. The van der Waals surface area contributed by atoms with Crippen LogP contribution in [0.4, 0.5) is 4.79 Å². The van der Waals surface area contributed by atoms with Crippen molar-refractivity contribution in [2.75, 3.05) is 0 Å². The van der Waals surface area contributed by atoms with Gasteiger partial charge in [0.05, 0.1) is 0 Å². The van der Waals surface area contributed by atoms with Gasteiger partial charge in [-0.15, -0.1) is 0 Å². The van der Waals surface area contributed by atoms with Gasteiger partial charge in [0.1, 0.15) is 12.1 Å². The van der Waals surface area contributed by atoms with E-state index in [1.54, 1.807) is 19.3 Å². The minimum absolute atomic E-state index is 0.331. The van der Waals surface area contributed by atoms with Crippen molar-refractivity contribution >= 4 is 17.8 Å². The summed E-state index contributed by atoms with van der Waals surface area (Å²) in [5.41, 5.74) is 5.07. The fraction of sp³-hybridized carbons (Fsp3) is 0.348. The van der Waals surface area contributed by atoms with Gasteiger partial charge in [0, 0.05) is 0 Å². The average molecular weight is 409 g/mol. The second-order valence-electron chi connectivity index (χ2n) is 7.89. The third kappa shape index (κ3) is 4.86. The maximum atomic E-state index is 12.7. The topological polar surface area (TPSA) is 98.7 Å². The smallest absolute Gasteiger partial charge is 0.325 e. The van der Waals surface area contributed by atoms with Crippen molar-refractivity contribution in [3.63, 3.8) is 0 Å². The van der Waals surface area contributed by atoms with Gasteiger partial charge in [-0.05, 0) is 41.9 Å². The van der Waals surface area contributed by atoms with Gasteiger partial charge in [-0.25, -0.2) is 15.2 Å². The number of carbonyl (C=O) groups is 3. The Balaban J connectivity index is 1.60. The summed E-state index contributed by atoms with van der Waals surface area (Å²) < 4.78 is 0. The molecule has 0 spiro atoms. The van der Waals surface area contributed by atoms with Crippen LogP contribution in [-0.2, 0) is 22.4 Å². The van der Waals surface area contributed by atoms with E-state index in [0.29, 0.717) is 12.8 Å². The molecule has 0 radical (unpaired) electrons. The average Bonchev–Trinajstić information content (AvgIpc) is 3.02. The summed E-state index contributed by atoms with van der Waals surface area (Å²) in [6.45, 7) is 3.43. The lowest BCUT2D eigenvalue weighted by Gasteiger charge is -2.26. The van der Waals surface area contributed by atoms with E-state index in [4.69, 9.17) is 5.21 Å². The Morgan fingerprint density at radius 3 is 2.23 bits per heavy atom. The molecule has 0 aromatic heterocycles. The molecule has 2 aromatic rings. The Hall–Kier alpha value is -3.19. The van der Waals surface area contributed by atoms with Crippen molar-refractivity contribution in [2.45, 2.75) is 45.2 Å². The van der Waals surface area contributed by atoms with Crippen LogP contribution in [0, 0.1) is 5.92 Å². The standard InChI is InChI=1S/C23H27N3O4/c1-15(2)20(21(27)25-30)26-22(28)19(24-23(26)29)13-12-16-8-10-18(11-9-16)14-17-6-4-3-5-7-17/h3-11,15,19-20,30H,12-14H2,1-2H3,(H,24,29)(H,25,27). The normalized spacial score (nSPS) is 17.2. The third-order valence-electron chi connectivity index (χ3n) is 5.34. The van der Waals surface area contributed by atoms with Gasteiger partial charge in [0.15, 0.2) is 0 Å². The van der Waals surface area contributed by atoms with Crippen LogP contribution in [0.15, 0.2) is 54.6 Å². The van der Waals surface area contributed by atoms with E-state index in [9.17, 15) is 14.4 Å². The third-order valence-corrected chi connectivity index (χ3v) is 5.34. The number of urea groups is 1. The van der Waals surface area contributed by atoms with E-state index < -0.39 is 29.9 Å². The minimum atomic E-state index is -1.05. The Bertz CT molecular complexity index is 896. The lowest BCUT2D eigenvalue weighted by molar-refractivity contribution is -0.142. The lowest BCUT2D eigenvalue weighted by Crippen LogP contribution is -2.52. The molecular weight excluding hydrogens is 382 g/mol. The molecule has 7 nitrogen and oxygen atoms in total. The number of amides is 4. The van der Waals surface area contributed by atoms with Crippen molar-refractivity contribution in [3.05, 3.63) is 71.3 Å². The minimum Gasteiger partial charge on any atom is -0.326 e. The molecule has 1 heterocycles. The first-order valence-electron chi connectivity index (χ1n) is 10.1. The molecule has 2 atom stereocenters. The first-order valence-corrected chi connectivity index (χ1v) is 10.1. The molecule has 0 bridgehead atoms. The first kappa shape index (κ1) is 21.5. The molecular formula is C23H27N3O4. The summed E-state index contributed by atoms with van der Waals surface area (Å²) in [5.74, 6) is -1.55. The zero-order chi connectivity index (χ0) is 21.7. The number of hydrogen-bond acceptors (Lipinski definition) is 4. The fourth-order valence-electron chi connectivity index (χ4n) is 3.76. The maximum absolute atomic E-state index is 12.7. The van der Waals surface area contributed by atoms with Gasteiger partial charge < -0.3 is 5.32 Å². The Labute approximate surface area is 176 Å². The van der Waals surface area contributed by atoms with E-state index in [2.05, 4.69) is 29.6 Å². The molecule has 3 rings (SSSR count). The highest BCUT2D eigenvalue weighted by molar-refractivity contribution is 6.07. The number of nitrogens with zero attached hydrogens (tertiary/aromatic N) is 1. The highest BCUT2D eigenvalue weighted by atomic mass is 16.5. The lowest BCUT2D eigenvalue weighted by atomic mass is 9.99. The van der Waals surface area contributed by atoms with Gasteiger partial charge in [0.2, 0.25) is 0 Å². The molecule has 0 saturated carbocycles. The molecule has 7 heteroatoms. The maximum Gasteiger partial charge on any atom is 0.325 e. The van der Waals surface area contributed by atoms with E-state index >= 15 is 0 Å². The zero-order valence-corrected chi connectivity index (χ0v) is 17.2. The highest BCUT2D eigenvalue weighted by Gasteiger charge is 2.45. The van der Waals surface area contributed by atoms with Crippen LogP contribution in [0.25, 0.3) is 0 Å². The fourth-order valence-corrected chi connectivity index (χ4v) is 3.76. The highest BCUT2D eigenvalue weighted by Crippen LogP contribution is 2.20. The van der Waals surface area contributed by atoms with Crippen LogP contribution in [0.2, 0.25) is 0 Å². The molecule has 2 aromatic carbocycles. The van der Waals surface area contributed by atoms with Gasteiger partial charge in [-0.3, -0.25) is 14.8 Å². The van der Waals surface area contributed by atoms with Crippen LogP contribution >= 0.6 is 0 Å². The molecule has 1 fully saturated rings. The van der Waals surface area contributed by atoms with Crippen LogP contribution < -0.4 is 10.8 Å². The number of hydroxylamine groups is 1. The number of aryl methyl sites for hydroxylation is 1.